The number of hydrogen-bond acceptors (Lipinski definition) is 5. The van der Waals surface area contributed by atoms with Crippen LogP contribution >= 0.6 is 0 Å². The van der Waals surface area contributed by atoms with Gasteiger partial charge in [-0.15, -0.1) is 0 Å². The van der Waals surface area contributed by atoms with Gasteiger partial charge in [-0.2, -0.15) is 0 Å². The lowest BCUT2D eigenvalue weighted by atomic mass is 10.3. The number of nitrogens with zero attached hydrogens (tertiary/aromatic N) is 1. The number of aliphatic hydroxyl groups is 1. The van der Waals surface area contributed by atoms with Gasteiger partial charge in [-0.3, -0.25) is 4.90 Å². The quantitative estimate of drug-likeness (QED) is 0.718. The van der Waals surface area contributed by atoms with E-state index in [0.29, 0.717) is 26.3 Å². The summed E-state index contributed by atoms with van der Waals surface area (Å²) in [6.45, 7) is 3.99. The summed E-state index contributed by atoms with van der Waals surface area (Å²) in [6, 6.07) is 3.77. The van der Waals surface area contributed by atoms with Gasteiger partial charge in [0.25, 0.3) is 0 Å². The Balaban J connectivity index is 2.16. The van der Waals surface area contributed by atoms with Gasteiger partial charge in [-0.05, 0) is 26.1 Å². The number of ether oxygens (including phenoxy) is 2. The largest absolute Gasteiger partial charge is 0.468 e. The van der Waals surface area contributed by atoms with Crippen LogP contribution < -0.4 is 0 Å². The molecule has 2 atom stereocenters. The Labute approximate surface area is 108 Å². The topological polar surface area (TPSA) is 55.1 Å². The molecule has 2 unspecified atom stereocenters. The minimum absolute atomic E-state index is 0.0000277. The molecule has 104 valence electrons. The third-order valence-electron chi connectivity index (χ3n) is 2.50. The SMILES string of the molecule is COCC(C)OCC(O)CN(C)Cc1ccco1. The van der Waals surface area contributed by atoms with Crippen molar-refractivity contribution >= 4 is 0 Å². The Hall–Kier alpha value is -0.880. The van der Waals surface area contributed by atoms with Crippen molar-refractivity contribution < 1.29 is 19.0 Å². The first kappa shape index (κ1) is 15.2. The fraction of sp³-hybridized carbons (Fsp3) is 0.692. The Morgan fingerprint density at radius 2 is 2.22 bits per heavy atom. The van der Waals surface area contributed by atoms with Crippen LogP contribution in [0.1, 0.15) is 12.7 Å². The summed E-state index contributed by atoms with van der Waals surface area (Å²) in [5.41, 5.74) is 0. The molecular weight excluding hydrogens is 234 g/mol. The van der Waals surface area contributed by atoms with Gasteiger partial charge in [0.2, 0.25) is 0 Å². The molecule has 0 aromatic carbocycles. The fourth-order valence-corrected chi connectivity index (χ4v) is 1.70. The Kier molecular flexibility index (Phi) is 6.97. The first-order chi connectivity index (χ1) is 8.61. The monoisotopic (exact) mass is 257 g/mol. The van der Waals surface area contributed by atoms with Crippen LogP contribution in [0.4, 0.5) is 0 Å². The minimum atomic E-state index is -0.510. The Bertz CT molecular complexity index is 302. The van der Waals surface area contributed by atoms with E-state index in [2.05, 4.69) is 0 Å². The van der Waals surface area contributed by atoms with Crippen molar-refractivity contribution in [2.75, 3.05) is 33.9 Å². The summed E-state index contributed by atoms with van der Waals surface area (Å²) >= 11 is 0. The lowest BCUT2D eigenvalue weighted by Crippen LogP contribution is -2.33. The van der Waals surface area contributed by atoms with Crippen molar-refractivity contribution in [1.82, 2.24) is 4.90 Å². The molecule has 5 heteroatoms. The zero-order valence-corrected chi connectivity index (χ0v) is 11.3. The van der Waals surface area contributed by atoms with Crippen LogP contribution in [0.5, 0.6) is 0 Å². The van der Waals surface area contributed by atoms with E-state index in [1.165, 1.54) is 0 Å². The average Bonchev–Trinajstić information content (AvgIpc) is 2.79. The van der Waals surface area contributed by atoms with Crippen LogP contribution in [-0.2, 0) is 16.0 Å². The summed E-state index contributed by atoms with van der Waals surface area (Å²) in [5, 5.41) is 9.83. The second-order valence-electron chi connectivity index (χ2n) is 4.53. The molecule has 0 spiro atoms. The van der Waals surface area contributed by atoms with E-state index in [1.807, 2.05) is 31.0 Å². The van der Waals surface area contributed by atoms with Gasteiger partial charge >= 0.3 is 0 Å². The predicted molar refractivity (Wildman–Crippen MR) is 68.3 cm³/mol. The number of likely N-dealkylation sites (N-methyl/N-ethyl adjacent to an activating group) is 1. The van der Waals surface area contributed by atoms with Gasteiger partial charge < -0.3 is 19.0 Å². The van der Waals surface area contributed by atoms with E-state index in [0.717, 1.165) is 5.76 Å². The molecule has 0 fully saturated rings. The summed E-state index contributed by atoms with van der Waals surface area (Å²) in [7, 11) is 3.57. The second kappa shape index (κ2) is 8.26. The van der Waals surface area contributed by atoms with Crippen LogP contribution in [0.2, 0.25) is 0 Å². The molecule has 0 saturated heterocycles. The standard InChI is InChI=1S/C13H23NO4/c1-11(9-16-3)18-10-12(15)7-14(2)8-13-5-4-6-17-13/h4-6,11-12,15H,7-10H2,1-3H3. The Morgan fingerprint density at radius 3 is 2.83 bits per heavy atom. The van der Waals surface area contributed by atoms with Gasteiger partial charge in [0.1, 0.15) is 5.76 Å². The van der Waals surface area contributed by atoms with Gasteiger partial charge in [-0.25, -0.2) is 0 Å². The lowest BCUT2D eigenvalue weighted by Gasteiger charge is -2.21. The fourth-order valence-electron chi connectivity index (χ4n) is 1.70. The number of hydrogen-bond donors (Lipinski definition) is 1. The van der Waals surface area contributed by atoms with Crippen molar-refractivity contribution in [2.24, 2.45) is 0 Å². The van der Waals surface area contributed by atoms with E-state index in [-0.39, 0.29) is 6.10 Å². The molecular formula is C13H23NO4. The van der Waals surface area contributed by atoms with E-state index in [9.17, 15) is 5.11 Å². The molecule has 0 aliphatic rings. The van der Waals surface area contributed by atoms with Crippen molar-refractivity contribution in [1.29, 1.82) is 0 Å². The highest BCUT2D eigenvalue weighted by molar-refractivity contribution is 4.97. The minimum Gasteiger partial charge on any atom is -0.468 e. The van der Waals surface area contributed by atoms with Crippen molar-refractivity contribution in [3.05, 3.63) is 24.2 Å². The molecule has 18 heavy (non-hydrogen) atoms. The van der Waals surface area contributed by atoms with Crippen LogP contribution in [0.25, 0.3) is 0 Å². The first-order valence-electron chi connectivity index (χ1n) is 6.11. The van der Waals surface area contributed by atoms with E-state index in [1.54, 1.807) is 13.4 Å². The molecule has 1 heterocycles. The average molecular weight is 257 g/mol. The molecule has 0 amide bonds. The van der Waals surface area contributed by atoms with E-state index < -0.39 is 6.10 Å². The second-order valence-corrected chi connectivity index (χ2v) is 4.53. The molecule has 0 bridgehead atoms. The number of rotatable bonds is 9. The maximum Gasteiger partial charge on any atom is 0.117 e. The van der Waals surface area contributed by atoms with Gasteiger partial charge in [-0.1, -0.05) is 0 Å². The highest BCUT2D eigenvalue weighted by Gasteiger charge is 2.11. The molecule has 5 nitrogen and oxygen atoms in total. The first-order valence-corrected chi connectivity index (χ1v) is 6.11. The van der Waals surface area contributed by atoms with E-state index in [4.69, 9.17) is 13.9 Å². The van der Waals surface area contributed by atoms with Crippen molar-refractivity contribution in [2.45, 2.75) is 25.7 Å². The molecule has 1 aromatic heterocycles. The normalized spacial score (nSPS) is 14.9. The third-order valence-corrected chi connectivity index (χ3v) is 2.50. The van der Waals surface area contributed by atoms with Crippen LogP contribution in [0.15, 0.2) is 22.8 Å². The zero-order chi connectivity index (χ0) is 13.4. The molecule has 1 rings (SSSR count). The van der Waals surface area contributed by atoms with Gasteiger partial charge in [0.05, 0.1) is 38.2 Å². The van der Waals surface area contributed by atoms with Crippen LogP contribution in [-0.4, -0.2) is 56.1 Å². The lowest BCUT2D eigenvalue weighted by molar-refractivity contribution is -0.0388. The highest BCUT2D eigenvalue weighted by Crippen LogP contribution is 2.04. The summed E-state index contributed by atoms with van der Waals surface area (Å²) in [5.74, 6) is 0.887. The maximum atomic E-state index is 9.83. The third kappa shape index (κ3) is 6.16. The maximum absolute atomic E-state index is 9.83. The molecule has 1 N–H and O–H groups in total. The molecule has 0 radical (unpaired) electrons. The predicted octanol–water partition coefficient (Wildman–Crippen LogP) is 1.12. The number of methoxy groups -OCH3 is 1. The smallest absolute Gasteiger partial charge is 0.117 e. The van der Waals surface area contributed by atoms with Gasteiger partial charge in [0, 0.05) is 13.7 Å². The number of aliphatic hydroxyl groups excluding tert-OH is 1. The molecule has 1 aromatic rings. The molecule has 0 saturated carbocycles. The number of furan rings is 1. The zero-order valence-electron chi connectivity index (χ0n) is 11.3. The Morgan fingerprint density at radius 1 is 1.44 bits per heavy atom. The van der Waals surface area contributed by atoms with Crippen molar-refractivity contribution in [3.8, 4) is 0 Å². The highest BCUT2D eigenvalue weighted by atomic mass is 16.5. The summed E-state index contributed by atoms with van der Waals surface area (Å²) in [6.07, 6.45) is 1.14. The van der Waals surface area contributed by atoms with Crippen LogP contribution in [0, 0.1) is 0 Å². The molecule has 0 aliphatic carbocycles. The van der Waals surface area contributed by atoms with E-state index >= 15 is 0 Å². The van der Waals surface area contributed by atoms with Crippen LogP contribution in [0.3, 0.4) is 0 Å². The summed E-state index contributed by atoms with van der Waals surface area (Å²) in [4.78, 5) is 1.99. The van der Waals surface area contributed by atoms with Gasteiger partial charge in [0.15, 0.2) is 0 Å². The molecule has 0 aliphatic heterocycles. The van der Waals surface area contributed by atoms with Crippen molar-refractivity contribution in [3.63, 3.8) is 0 Å². The summed E-state index contributed by atoms with van der Waals surface area (Å²) < 4.78 is 15.7.